The average Bonchev–Trinajstić information content (AvgIpc) is 3.98. The zero-order chi connectivity index (χ0) is 41.1. The lowest BCUT2D eigenvalue weighted by Crippen LogP contribution is -2.22. The van der Waals surface area contributed by atoms with Crippen molar-refractivity contribution >= 4 is 87.0 Å². The highest BCUT2D eigenvalue weighted by Gasteiger charge is 2.29. The molecule has 6 aromatic heterocycles. The van der Waals surface area contributed by atoms with Crippen LogP contribution in [0.3, 0.4) is 0 Å². The SMILES string of the molecule is C[Si](C)(C)CCOCn1ncc2ccc(Nc3nc(NCC(F)(F)F)c4occc4n3)cc21.FC(F)(F)CNc1nc(Nc2ccc3cn[nH]c3c2)nc2ccoc12. The second kappa shape index (κ2) is 16.2. The minimum Gasteiger partial charge on any atom is -0.459 e. The lowest BCUT2D eigenvalue weighted by molar-refractivity contribution is -0.116. The Morgan fingerprint density at radius 1 is 0.724 bits per heavy atom. The number of nitrogens with zero attached hydrogens (tertiary/aromatic N) is 7. The molecule has 6 heterocycles. The molecule has 0 spiro atoms. The number of rotatable bonds is 13. The maximum absolute atomic E-state index is 12.7. The highest BCUT2D eigenvalue weighted by molar-refractivity contribution is 6.76. The quantitative estimate of drug-likeness (QED) is 0.0422. The smallest absolute Gasteiger partial charge is 0.405 e. The Morgan fingerprint density at radius 2 is 1.29 bits per heavy atom. The van der Waals surface area contributed by atoms with E-state index in [2.05, 4.69) is 76.1 Å². The van der Waals surface area contributed by atoms with Gasteiger partial charge in [0.15, 0.2) is 22.8 Å². The Balaban J connectivity index is 0.000000183. The van der Waals surface area contributed by atoms with Crippen LogP contribution in [-0.2, 0) is 11.5 Å². The van der Waals surface area contributed by atoms with E-state index in [1.54, 1.807) is 41.3 Å². The van der Waals surface area contributed by atoms with Gasteiger partial charge in [-0.05, 0) is 42.4 Å². The van der Waals surface area contributed by atoms with Gasteiger partial charge in [0.25, 0.3) is 0 Å². The number of hydrogen-bond acceptors (Lipinski definition) is 13. The number of ether oxygens (including phenoxy) is 1. The van der Waals surface area contributed by atoms with Crippen LogP contribution in [0.2, 0.25) is 25.7 Å². The molecule has 2 aromatic carbocycles. The van der Waals surface area contributed by atoms with Gasteiger partial charge in [0, 0.05) is 49.0 Å². The van der Waals surface area contributed by atoms with Crippen molar-refractivity contribution in [1.82, 2.24) is 39.9 Å². The summed E-state index contributed by atoms with van der Waals surface area (Å²) in [6, 6.07) is 15.2. The summed E-state index contributed by atoms with van der Waals surface area (Å²) in [5, 5.41) is 23.6. The Labute approximate surface area is 325 Å². The van der Waals surface area contributed by atoms with Crippen LogP contribution in [0.5, 0.6) is 0 Å². The molecule has 15 nitrogen and oxygen atoms in total. The molecule has 22 heteroatoms. The number of nitrogens with one attached hydrogen (secondary N) is 5. The van der Waals surface area contributed by atoms with Gasteiger partial charge in [-0.2, -0.15) is 46.5 Å². The van der Waals surface area contributed by atoms with E-state index in [4.69, 9.17) is 13.6 Å². The van der Waals surface area contributed by atoms with Gasteiger partial charge in [-0.25, -0.2) is 14.6 Å². The van der Waals surface area contributed by atoms with Gasteiger partial charge in [-0.3, -0.25) is 5.10 Å². The third-order valence-corrected chi connectivity index (χ3v) is 10.0. The molecule has 304 valence electrons. The van der Waals surface area contributed by atoms with Crippen LogP contribution in [0.25, 0.3) is 44.0 Å². The molecular formula is C36H36F6N12O3Si. The molecule has 0 bridgehead atoms. The molecule has 0 atom stereocenters. The molecule has 0 saturated carbocycles. The summed E-state index contributed by atoms with van der Waals surface area (Å²) < 4.78 is 93.4. The molecule has 0 fully saturated rings. The summed E-state index contributed by atoms with van der Waals surface area (Å²) in [5.74, 6) is 0.229. The van der Waals surface area contributed by atoms with Crippen LogP contribution in [0.4, 0.5) is 61.2 Å². The van der Waals surface area contributed by atoms with E-state index in [1.165, 1.54) is 12.5 Å². The summed E-state index contributed by atoms with van der Waals surface area (Å²) in [7, 11) is -1.17. The standard InChI is InChI=1S/C21H25F3N6O2Si.C15H11F3N6O/c1-33(2,3)9-8-31-13-30-17-10-15(5-4-14(17)11-26-30)27-20-28-16-6-7-32-18(16)19(29-20)25-12-21(22,23)24;16-15(17,18)7-19-13-12-10(3-4-25-12)22-14(23-13)21-9-2-1-8-6-20-24-11(8)5-9/h4-7,10-11H,8-9,12-13H2,1-3H3,(H2,25,27,28,29);1-6H,7H2,(H,20,24)(H2,19,21,22,23). The molecular weight excluding hydrogens is 791 g/mol. The number of halogens is 6. The Bertz CT molecular complexity index is 2650. The van der Waals surface area contributed by atoms with Crippen LogP contribution >= 0.6 is 0 Å². The van der Waals surface area contributed by atoms with Gasteiger partial charge in [-0.15, -0.1) is 0 Å². The van der Waals surface area contributed by atoms with E-state index in [9.17, 15) is 26.3 Å². The van der Waals surface area contributed by atoms with Crippen LogP contribution in [-0.4, -0.2) is 80.0 Å². The van der Waals surface area contributed by atoms with Crippen molar-refractivity contribution in [3.8, 4) is 0 Å². The fourth-order valence-electron chi connectivity index (χ4n) is 5.50. The molecule has 0 aliphatic heterocycles. The highest BCUT2D eigenvalue weighted by atomic mass is 28.3. The number of aromatic amines is 1. The number of benzene rings is 2. The van der Waals surface area contributed by atoms with Crippen molar-refractivity contribution in [2.24, 2.45) is 0 Å². The van der Waals surface area contributed by atoms with Gasteiger partial charge >= 0.3 is 12.4 Å². The molecule has 0 saturated heterocycles. The first-order valence-corrected chi connectivity index (χ1v) is 21.4. The number of anilines is 6. The number of alkyl halides is 6. The van der Waals surface area contributed by atoms with Crippen molar-refractivity contribution in [3.63, 3.8) is 0 Å². The van der Waals surface area contributed by atoms with Gasteiger partial charge < -0.3 is 34.8 Å². The molecule has 0 unspecified atom stereocenters. The molecule has 0 aliphatic rings. The van der Waals surface area contributed by atoms with Crippen LogP contribution < -0.4 is 21.3 Å². The molecule has 5 N–H and O–H groups in total. The predicted octanol–water partition coefficient (Wildman–Crippen LogP) is 9.42. The second-order valence-corrected chi connectivity index (χ2v) is 19.8. The van der Waals surface area contributed by atoms with E-state index >= 15 is 0 Å². The number of hydrogen-bond donors (Lipinski definition) is 5. The van der Waals surface area contributed by atoms with E-state index in [0.29, 0.717) is 35.7 Å². The predicted molar refractivity (Wildman–Crippen MR) is 209 cm³/mol. The fourth-order valence-corrected chi connectivity index (χ4v) is 6.26. The lowest BCUT2D eigenvalue weighted by atomic mass is 10.2. The minimum atomic E-state index is -4.39. The molecule has 8 rings (SSSR count). The number of furan rings is 2. The zero-order valence-electron chi connectivity index (χ0n) is 31.1. The summed E-state index contributed by atoms with van der Waals surface area (Å²) >= 11 is 0. The summed E-state index contributed by atoms with van der Waals surface area (Å²) in [6.07, 6.45) is -2.62. The van der Waals surface area contributed by atoms with Gasteiger partial charge in [-0.1, -0.05) is 19.6 Å². The Hall–Kier alpha value is -6.42. The van der Waals surface area contributed by atoms with E-state index in [-0.39, 0.29) is 34.7 Å². The van der Waals surface area contributed by atoms with Crippen LogP contribution in [0.15, 0.2) is 82.3 Å². The first-order valence-electron chi connectivity index (χ1n) is 17.7. The first kappa shape index (κ1) is 39.8. The van der Waals surface area contributed by atoms with Crippen LogP contribution in [0.1, 0.15) is 0 Å². The van der Waals surface area contributed by atoms with Crippen molar-refractivity contribution in [2.75, 3.05) is 41.0 Å². The minimum absolute atomic E-state index is 0.0301. The topological polar surface area (TPSA) is 182 Å². The van der Waals surface area contributed by atoms with Crippen molar-refractivity contribution in [1.29, 1.82) is 0 Å². The number of fused-ring (bicyclic) bond motifs is 4. The molecule has 58 heavy (non-hydrogen) atoms. The first-order chi connectivity index (χ1) is 27.5. The Kier molecular flexibility index (Phi) is 11.1. The monoisotopic (exact) mass is 826 g/mol. The normalized spacial score (nSPS) is 12.3. The maximum atomic E-state index is 12.7. The molecule has 0 radical (unpaired) electrons. The summed E-state index contributed by atoms with van der Waals surface area (Å²) in [5.41, 5.74) is 4.10. The molecule has 8 aromatic rings. The summed E-state index contributed by atoms with van der Waals surface area (Å²) in [6.45, 7) is 5.45. The van der Waals surface area contributed by atoms with Crippen molar-refractivity contribution in [2.45, 2.75) is 44.8 Å². The fraction of sp³-hybridized carbons (Fsp3) is 0.278. The zero-order valence-corrected chi connectivity index (χ0v) is 32.1. The highest BCUT2D eigenvalue weighted by Crippen LogP contribution is 2.29. The number of H-pyrrole nitrogens is 1. The van der Waals surface area contributed by atoms with Crippen molar-refractivity contribution < 1.29 is 39.9 Å². The second-order valence-electron chi connectivity index (χ2n) is 14.2. The van der Waals surface area contributed by atoms with Gasteiger partial charge in [0.1, 0.15) is 30.9 Å². The average molecular weight is 827 g/mol. The van der Waals surface area contributed by atoms with Gasteiger partial charge in [0.05, 0.1) is 36.0 Å². The molecule has 0 aliphatic carbocycles. The van der Waals surface area contributed by atoms with E-state index in [1.807, 2.05) is 24.3 Å². The van der Waals surface area contributed by atoms with Crippen LogP contribution in [0, 0.1) is 0 Å². The van der Waals surface area contributed by atoms with E-state index in [0.717, 1.165) is 27.8 Å². The largest absolute Gasteiger partial charge is 0.459 e. The van der Waals surface area contributed by atoms with E-state index < -0.39 is 33.5 Å². The number of aromatic nitrogens is 8. The maximum Gasteiger partial charge on any atom is 0.405 e. The third-order valence-electron chi connectivity index (χ3n) is 8.33. The molecule has 0 amide bonds. The van der Waals surface area contributed by atoms with Crippen molar-refractivity contribution in [3.05, 3.63) is 73.5 Å². The lowest BCUT2D eigenvalue weighted by Gasteiger charge is -2.15. The Morgan fingerprint density at radius 3 is 1.86 bits per heavy atom. The third kappa shape index (κ3) is 10.3. The van der Waals surface area contributed by atoms with Gasteiger partial charge in [0.2, 0.25) is 11.9 Å². The summed E-state index contributed by atoms with van der Waals surface area (Å²) in [4.78, 5) is 16.8.